The van der Waals surface area contributed by atoms with E-state index >= 15 is 0 Å². The first-order valence-corrected chi connectivity index (χ1v) is 11.4. The third kappa shape index (κ3) is 6.16. The van der Waals surface area contributed by atoms with Crippen LogP contribution in [0.5, 0.6) is 17.6 Å². The van der Waals surface area contributed by atoms with E-state index in [-0.39, 0.29) is 35.8 Å². The molecule has 0 atom stereocenters. The number of benzene rings is 2. The van der Waals surface area contributed by atoms with Gasteiger partial charge in [0.05, 0.1) is 18.1 Å². The summed E-state index contributed by atoms with van der Waals surface area (Å²) in [5.41, 5.74) is 1.56. The Labute approximate surface area is 187 Å². The number of sulfonamides is 1. The normalized spacial score (nSPS) is 11.2. The van der Waals surface area contributed by atoms with Gasteiger partial charge in [-0.1, -0.05) is 37.3 Å². The number of aliphatic hydroxyl groups excluding tert-OH is 1. The Hall–Kier alpha value is -3.21. The van der Waals surface area contributed by atoms with E-state index in [2.05, 4.69) is 14.7 Å². The molecule has 170 valence electrons. The molecule has 0 unspecified atom stereocenters. The number of rotatable bonds is 11. The van der Waals surface area contributed by atoms with Gasteiger partial charge in [0.1, 0.15) is 12.4 Å². The molecule has 0 saturated carbocycles. The topological polar surface area (TPSA) is 120 Å². The van der Waals surface area contributed by atoms with E-state index in [4.69, 9.17) is 19.3 Å². The number of nitrogens with one attached hydrogen (secondary N) is 1. The van der Waals surface area contributed by atoms with Crippen LogP contribution < -0.4 is 14.2 Å². The highest BCUT2D eigenvalue weighted by Crippen LogP contribution is 2.26. The number of aryl methyl sites for hydroxylation is 1. The van der Waals surface area contributed by atoms with E-state index in [0.29, 0.717) is 24.3 Å². The van der Waals surface area contributed by atoms with Crippen LogP contribution in [0.25, 0.3) is 0 Å². The Kier molecular flexibility index (Phi) is 7.98. The fourth-order valence-corrected chi connectivity index (χ4v) is 4.25. The van der Waals surface area contributed by atoms with Crippen molar-refractivity contribution in [2.45, 2.75) is 24.8 Å². The van der Waals surface area contributed by atoms with Gasteiger partial charge in [-0.05, 0) is 35.7 Å². The standard InChI is InChI=1S/C22H25N3O6S/c1-3-17-8-4-5-10-19(17)32(27,28)25-20-14-21(30-12-11-26)24-22(23-20)31-18-9-6-7-16(13-18)15-29-2/h4-10,13-14,26H,3,11-12,15H2,1-2H3,(H,23,24,25). The van der Waals surface area contributed by atoms with Crippen LogP contribution >= 0.6 is 0 Å². The van der Waals surface area contributed by atoms with Gasteiger partial charge < -0.3 is 19.3 Å². The van der Waals surface area contributed by atoms with Gasteiger partial charge in [0, 0.05) is 13.2 Å². The van der Waals surface area contributed by atoms with Crippen molar-refractivity contribution in [2.75, 3.05) is 25.0 Å². The van der Waals surface area contributed by atoms with Gasteiger partial charge in [-0.2, -0.15) is 9.97 Å². The molecule has 0 aliphatic heterocycles. The zero-order valence-electron chi connectivity index (χ0n) is 17.8. The number of hydrogen-bond donors (Lipinski definition) is 2. The fraction of sp³-hybridized carbons (Fsp3) is 0.273. The van der Waals surface area contributed by atoms with Crippen LogP contribution in [0.15, 0.2) is 59.5 Å². The fourth-order valence-electron chi connectivity index (χ4n) is 2.95. The highest BCUT2D eigenvalue weighted by Gasteiger charge is 2.20. The average molecular weight is 460 g/mol. The van der Waals surface area contributed by atoms with Crippen LogP contribution in [0.1, 0.15) is 18.1 Å². The lowest BCUT2D eigenvalue weighted by molar-refractivity contribution is 0.184. The van der Waals surface area contributed by atoms with E-state index in [0.717, 1.165) is 5.56 Å². The molecule has 9 nitrogen and oxygen atoms in total. The van der Waals surface area contributed by atoms with Gasteiger partial charge in [-0.3, -0.25) is 4.72 Å². The lowest BCUT2D eigenvalue weighted by atomic mass is 10.2. The first-order chi connectivity index (χ1) is 15.4. The van der Waals surface area contributed by atoms with E-state index in [9.17, 15) is 8.42 Å². The van der Waals surface area contributed by atoms with E-state index in [1.165, 1.54) is 12.1 Å². The molecule has 0 spiro atoms. The van der Waals surface area contributed by atoms with E-state index < -0.39 is 10.0 Å². The summed E-state index contributed by atoms with van der Waals surface area (Å²) in [5, 5.41) is 9.05. The van der Waals surface area contributed by atoms with Crippen LogP contribution in [0.4, 0.5) is 5.82 Å². The molecule has 0 aliphatic rings. The van der Waals surface area contributed by atoms with Gasteiger partial charge in [-0.25, -0.2) is 8.42 Å². The van der Waals surface area contributed by atoms with Gasteiger partial charge in [-0.15, -0.1) is 0 Å². The summed E-state index contributed by atoms with van der Waals surface area (Å²) in [5.74, 6) is 0.476. The molecule has 0 aliphatic carbocycles. The number of nitrogens with zero attached hydrogens (tertiary/aromatic N) is 2. The zero-order valence-corrected chi connectivity index (χ0v) is 18.6. The highest BCUT2D eigenvalue weighted by molar-refractivity contribution is 7.92. The zero-order chi connectivity index (χ0) is 23.0. The summed E-state index contributed by atoms with van der Waals surface area (Å²) in [4.78, 5) is 8.49. The predicted octanol–water partition coefficient (Wildman–Crippen LogP) is 3.15. The monoisotopic (exact) mass is 459 g/mol. The molecule has 1 aromatic heterocycles. The maximum Gasteiger partial charge on any atom is 0.327 e. The van der Waals surface area contributed by atoms with Crippen molar-refractivity contribution >= 4 is 15.8 Å². The Morgan fingerprint density at radius 1 is 1.06 bits per heavy atom. The Bertz CT molecular complexity index is 1150. The van der Waals surface area contributed by atoms with E-state index in [1.807, 2.05) is 13.0 Å². The molecule has 32 heavy (non-hydrogen) atoms. The quantitative estimate of drug-likeness (QED) is 0.449. The molecule has 10 heteroatoms. The number of hydrogen-bond acceptors (Lipinski definition) is 8. The molecule has 2 N–H and O–H groups in total. The van der Waals surface area contributed by atoms with Crippen molar-refractivity contribution in [1.82, 2.24) is 9.97 Å². The van der Waals surface area contributed by atoms with Crippen LogP contribution in [-0.2, 0) is 27.8 Å². The summed E-state index contributed by atoms with van der Waals surface area (Å²) in [6.07, 6.45) is 0.553. The largest absolute Gasteiger partial charge is 0.475 e. The maximum atomic E-state index is 13.0. The Morgan fingerprint density at radius 2 is 1.88 bits per heavy atom. The lowest BCUT2D eigenvalue weighted by Gasteiger charge is -2.13. The van der Waals surface area contributed by atoms with E-state index in [1.54, 1.807) is 43.5 Å². The van der Waals surface area contributed by atoms with Crippen molar-refractivity contribution in [3.63, 3.8) is 0 Å². The van der Waals surface area contributed by atoms with Crippen LogP contribution in [0.2, 0.25) is 0 Å². The highest BCUT2D eigenvalue weighted by atomic mass is 32.2. The Morgan fingerprint density at radius 3 is 2.62 bits per heavy atom. The number of anilines is 1. The van der Waals surface area contributed by atoms with Crippen molar-refractivity contribution in [2.24, 2.45) is 0 Å². The second-order valence-electron chi connectivity index (χ2n) is 6.70. The number of aliphatic hydroxyl groups is 1. The van der Waals surface area contributed by atoms with Crippen molar-refractivity contribution in [1.29, 1.82) is 0 Å². The van der Waals surface area contributed by atoms with Crippen LogP contribution in [-0.4, -0.2) is 43.8 Å². The summed E-state index contributed by atoms with van der Waals surface area (Å²) < 4.78 is 44.7. The van der Waals surface area contributed by atoms with Crippen LogP contribution in [0, 0.1) is 0 Å². The van der Waals surface area contributed by atoms with Gasteiger partial charge in [0.2, 0.25) is 5.88 Å². The molecule has 3 rings (SSSR count). The Balaban J connectivity index is 1.92. The smallest absolute Gasteiger partial charge is 0.327 e. The number of methoxy groups -OCH3 is 1. The minimum Gasteiger partial charge on any atom is -0.475 e. The third-order valence-electron chi connectivity index (χ3n) is 4.32. The van der Waals surface area contributed by atoms with Gasteiger partial charge >= 0.3 is 6.01 Å². The summed E-state index contributed by atoms with van der Waals surface area (Å²) >= 11 is 0. The molecule has 2 aromatic carbocycles. The molecule has 3 aromatic rings. The van der Waals surface area contributed by atoms with Gasteiger partial charge in [0.15, 0.2) is 5.82 Å². The molecule has 1 heterocycles. The summed E-state index contributed by atoms with van der Waals surface area (Å²) in [6, 6.07) is 15.1. The first kappa shape index (κ1) is 23.5. The minimum absolute atomic E-state index is 0.0232. The van der Waals surface area contributed by atoms with Gasteiger partial charge in [0.25, 0.3) is 10.0 Å². The van der Waals surface area contributed by atoms with Crippen molar-refractivity contribution < 1.29 is 27.7 Å². The average Bonchev–Trinajstić information content (AvgIpc) is 2.77. The lowest BCUT2D eigenvalue weighted by Crippen LogP contribution is -2.16. The summed E-state index contributed by atoms with van der Waals surface area (Å²) in [7, 11) is -2.32. The molecule has 0 radical (unpaired) electrons. The molecular weight excluding hydrogens is 434 g/mol. The molecule has 0 bridgehead atoms. The second-order valence-corrected chi connectivity index (χ2v) is 8.35. The van der Waals surface area contributed by atoms with Crippen molar-refractivity contribution in [3.05, 3.63) is 65.7 Å². The molecule has 0 amide bonds. The molecular formula is C22H25N3O6S. The van der Waals surface area contributed by atoms with Crippen molar-refractivity contribution in [3.8, 4) is 17.6 Å². The van der Waals surface area contributed by atoms with Crippen LogP contribution in [0.3, 0.4) is 0 Å². The molecule has 0 fully saturated rings. The summed E-state index contributed by atoms with van der Waals surface area (Å²) in [6.45, 7) is 2.03. The second kappa shape index (κ2) is 10.9. The number of ether oxygens (including phenoxy) is 3. The molecule has 0 saturated heterocycles. The maximum absolute atomic E-state index is 13.0. The SMILES string of the molecule is CCc1ccccc1S(=O)(=O)Nc1cc(OCCO)nc(Oc2cccc(COC)c2)n1. The minimum atomic E-state index is -3.91. The third-order valence-corrected chi connectivity index (χ3v) is 5.78. The first-order valence-electron chi connectivity index (χ1n) is 9.94. The predicted molar refractivity (Wildman–Crippen MR) is 118 cm³/mol. The number of aromatic nitrogens is 2.